The molecular weight excluding hydrogens is 917 g/mol. The smallest absolute Gasteiger partial charge is 0.793 e. The van der Waals surface area contributed by atoms with Crippen LogP contribution in [-0.2, 0) is 75.0 Å². The Morgan fingerprint density at radius 1 is 0.688 bits per heavy atom. The molecule has 355 valence electrons. The van der Waals surface area contributed by atoms with Gasteiger partial charge in [-0.2, -0.15) is 0 Å². The molecule has 0 unspecified atom stereocenters. The molecule has 0 saturated carbocycles. The first-order valence-electron chi connectivity index (χ1n) is 18.4. The Morgan fingerprint density at radius 3 is 1.36 bits per heavy atom. The molecule has 0 fully saturated rings. The molecule has 0 aromatic heterocycles. The molecule has 0 saturated heterocycles. The number of nitrogens with two attached hydrogens (primary N) is 1. The third-order valence-corrected chi connectivity index (χ3v) is 6.58. The number of aldehydes is 1. The maximum absolute atomic E-state index is 12.0. The van der Waals surface area contributed by atoms with Crippen molar-refractivity contribution in [2.75, 3.05) is 33.9 Å². The van der Waals surface area contributed by atoms with E-state index in [2.05, 4.69) is 47.9 Å². The Kier molecular flexibility index (Phi) is 42.2. The number of alkyl carbamates (subject to hydrolysis) is 2. The van der Waals surface area contributed by atoms with Crippen LogP contribution in [-0.4, -0.2) is 114 Å². The van der Waals surface area contributed by atoms with E-state index < -0.39 is 47.3 Å². The van der Waals surface area contributed by atoms with Gasteiger partial charge < -0.3 is 58.1 Å². The van der Waals surface area contributed by atoms with Crippen molar-refractivity contribution in [3.8, 4) is 0 Å². The summed E-state index contributed by atoms with van der Waals surface area (Å²) in [7, 11) is 6.95. The van der Waals surface area contributed by atoms with Gasteiger partial charge in [0.1, 0.15) is 17.5 Å². The standard InChI is InChI=1S/C17H25ClN2O4.C14H18ClNO3.C4H6O4.C3H7NO2.C2H3BO2.ClH.Na/c1-17(2,3)24-16(22)20-14(10-19-11-15(21)23-4)9-12-5-7-13(18)8-6-12;1-14(2,3)19-13(18)16-12(9-17)8-10-4-6-11(15)7-5-10;1-3(5)7-8-4(2)6;1-6-3(5)2-4;1-2(4)5-3;;/h5-8,14,19H,9-11H2,1-4H3,(H,20,22);4-7,9,12H,8H2,1-3H3,(H,16,18);1-2H3;2,4H2,1H3;1H3;1H;/q;;;;-1;;+1/t14-;12-;;;;;/m00...../s1. The van der Waals surface area contributed by atoms with E-state index in [4.69, 9.17) is 38.4 Å². The second-order valence-corrected chi connectivity index (χ2v) is 15.0. The van der Waals surface area contributed by atoms with Gasteiger partial charge in [0.15, 0.2) is 0 Å². The van der Waals surface area contributed by atoms with Crippen LogP contribution in [0, 0.1) is 0 Å². The van der Waals surface area contributed by atoms with Gasteiger partial charge in [-0.3, -0.25) is 14.4 Å². The van der Waals surface area contributed by atoms with E-state index in [-0.39, 0.29) is 73.0 Å². The number of hydrogen-bond donors (Lipinski definition) is 4. The van der Waals surface area contributed by atoms with Gasteiger partial charge >= 0.3 is 65.6 Å². The summed E-state index contributed by atoms with van der Waals surface area (Å²) in [5, 5.41) is 9.59. The molecule has 5 N–H and O–H groups in total. The van der Waals surface area contributed by atoms with Crippen LogP contribution in [0.2, 0.25) is 10.0 Å². The Balaban J connectivity index is -0.000000256. The first-order chi connectivity index (χ1) is 28.7. The molecule has 2 aromatic carbocycles. The Morgan fingerprint density at radius 2 is 1.06 bits per heavy atom. The average molecular weight is 977 g/mol. The van der Waals surface area contributed by atoms with E-state index >= 15 is 0 Å². The summed E-state index contributed by atoms with van der Waals surface area (Å²) in [5.74, 6) is -2.49. The van der Waals surface area contributed by atoms with E-state index in [0.29, 0.717) is 35.7 Å². The maximum Gasteiger partial charge on any atom is 1.00 e. The summed E-state index contributed by atoms with van der Waals surface area (Å²) in [6, 6.07) is 13.6. The number of hydrogen-bond acceptors (Lipinski definition) is 17. The molecular formula is C40H60BCl3N4NaO15. The van der Waals surface area contributed by atoms with Crippen molar-refractivity contribution in [3.05, 3.63) is 69.7 Å². The normalized spacial score (nSPS) is 10.6. The van der Waals surface area contributed by atoms with Gasteiger partial charge in [0.2, 0.25) is 5.97 Å². The predicted octanol–water partition coefficient (Wildman–Crippen LogP) is 1.72. The molecule has 0 spiro atoms. The Hall–Kier alpha value is -4.15. The zero-order chi connectivity index (χ0) is 48.5. The SMILES string of the molecule is CC(=O)OOC(C)=O.CC(C)(C)OC(=O)N[C@H](C=O)Cc1ccc(Cl)cc1.COC(=O)CN.COC(=O)CNC[C@H](Cc1ccc(Cl)cc1)NC(=O)OC(C)(C)C.Cl.[B-]OC(C)=O.[Na+]. The van der Waals surface area contributed by atoms with Gasteiger partial charge in [0.05, 0.1) is 33.4 Å². The van der Waals surface area contributed by atoms with Gasteiger partial charge in [-0.15, -0.1) is 12.4 Å². The Bertz CT molecular complexity index is 1650. The second kappa shape index (κ2) is 39.2. The number of ether oxygens (including phenoxy) is 4. The number of methoxy groups -OCH3 is 2. The number of nitrogens with one attached hydrogen (secondary N) is 3. The van der Waals surface area contributed by atoms with Crippen LogP contribution in [0.1, 0.15) is 73.4 Å². The number of esters is 2. The topological polar surface area (TPSA) is 263 Å². The molecule has 2 rings (SSSR count). The summed E-state index contributed by atoms with van der Waals surface area (Å²) in [6.45, 7) is 14.7. The van der Waals surface area contributed by atoms with E-state index in [9.17, 15) is 38.4 Å². The molecule has 0 bridgehead atoms. The number of carbonyl (C=O) groups excluding carboxylic acids is 8. The fourth-order valence-electron chi connectivity index (χ4n) is 3.64. The van der Waals surface area contributed by atoms with E-state index in [1.807, 2.05) is 24.3 Å². The van der Waals surface area contributed by atoms with Gasteiger partial charge in [0, 0.05) is 43.4 Å². The summed E-state index contributed by atoms with van der Waals surface area (Å²) in [5.41, 5.74) is 5.58. The summed E-state index contributed by atoms with van der Waals surface area (Å²) in [6.07, 6.45) is 0.572. The van der Waals surface area contributed by atoms with E-state index in [0.717, 1.165) is 25.0 Å². The van der Waals surface area contributed by atoms with Crippen LogP contribution in [0.25, 0.3) is 0 Å². The molecule has 0 heterocycles. The van der Waals surface area contributed by atoms with Gasteiger partial charge in [-0.05, 0) is 89.8 Å². The van der Waals surface area contributed by atoms with Crippen molar-refractivity contribution in [1.29, 1.82) is 0 Å². The molecule has 19 nitrogen and oxygen atoms in total. The van der Waals surface area contributed by atoms with E-state index in [1.165, 1.54) is 21.1 Å². The number of halogens is 3. The largest absolute Gasteiger partial charge is 1.00 e. The first-order valence-corrected chi connectivity index (χ1v) is 19.2. The number of amides is 2. The third kappa shape index (κ3) is 47.3. The predicted molar refractivity (Wildman–Crippen MR) is 237 cm³/mol. The van der Waals surface area contributed by atoms with Crippen LogP contribution in [0.3, 0.4) is 0 Å². The first kappa shape index (κ1) is 68.9. The van der Waals surface area contributed by atoms with Crippen LogP contribution >= 0.6 is 35.6 Å². The zero-order valence-corrected chi connectivity index (χ0v) is 42.7. The fourth-order valence-corrected chi connectivity index (χ4v) is 3.89. The van der Waals surface area contributed by atoms with Crippen molar-refractivity contribution in [2.45, 2.75) is 98.4 Å². The molecule has 0 aliphatic heterocycles. The number of carbonyl (C=O) groups is 8. The van der Waals surface area contributed by atoms with Gasteiger partial charge in [-0.1, -0.05) is 47.5 Å². The van der Waals surface area contributed by atoms with Crippen molar-refractivity contribution in [2.24, 2.45) is 5.73 Å². The molecule has 2 aromatic rings. The van der Waals surface area contributed by atoms with Crippen molar-refractivity contribution < 1.29 is 101 Å². The minimum absolute atomic E-state index is 0. The maximum atomic E-state index is 12.0. The van der Waals surface area contributed by atoms with Crippen LogP contribution in [0.5, 0.6) is 0 Å². The monoisotopic (exact) mass is 975 g/mol. The second-order valence-electron chi connectivity index (χ2n) is 14.1. The van der Waals surface area contributed by atoms with Crippen LogP contribution in [0.4, 0.5) is 9.59 Å². The third-order valence-electron chi connectivity index (χ3n) is 6.08. The summed E-state index contributed by atoms with van der Waals surface area (Å²) < 4.78 is 22.7. The quantitative estimate of drug-likeness (QED) is 0.0589. The van der Waals surface area contributed by atoms with Crippen LogP contribution < -0.4 is 51.2 Å². The molecule has 2 amide bonds. The molecule has 64 heavy (non-hydrogen) atoms. The number of rotatable bonds is 12. The van der Waals surface area contributed by atoms with Gasteiger partial charge in [-0.25, -0.2) is 29.0 Å². The van der Waals surface area contributed by atoms with Crippen molar-refractivity contribution >= 4 is 92.0 Å². The Labute approximate surface area is 414 Å². The van der Waals surface area contributed by atoms with E-state index in [1.54, 1.807) is 65.8 Å². The molecule has 0 aliphatic carbocycles. The van der Waals surface area contributed by atoms with Gasteiger partial charge in [0.25, 0.3) is 0 Å². The molecule has 3 radical (unpaired) electrons. The van der Waals surface area contributed by atoms with Crippen molar-refractivity contribution in [3.63, 3.8) is 0 Å². The summed E-state index contributed by atoms with van der Waals surface area (Å²) >= 11 is 11.7. The minimum atomic E-state index is -0.639. The van der Waals surface area contributed by atoms with Crippen LogP contribution in [0.15, 0.2) is 48.5 Å². The van der Waals surface area contributed by atoms with Crippen molar-refractivity contribution in [1.82, 2.24) is 16.0 Å². The molecule has 2 atom stereocenters. The number of benzene rings is 2. The molecule has 0 aliphatic rings. The minimum Gasteiger partial charge on any atom is -0.793 e. The summed E-state index contributed by atoms with van der Waals surface area (Å²) in [4.78, 5) is 92.3. The average Bonchev–Trinajstić information content (AvgIpc) is 3.17. The fraction of sp³-hybridized carbons (Fsp3) is 0.500. The molecule has 24 heteroatoms. The zero-order valence-electron chi connectivity index (χ0n) is 38.3.